The van der Waals surface area contributed by atoms with Crippen molar-refractivity contribution in [1.82, 2.24) is 10.3 Å². The third-order valence-corrected chi connectivity index (χ3v) is 4.65. The summed E-state index contributed by atoms with van der Waals surface area (Å²) < 4.78 is 0. The maximum absolute atomic E-state index is 12.2. The number of carbonyl (C=O) groups excluding carboxylic acids is 1. The van der Waals surface area contributed by atoms with Crippen molar-refractivity contribution in [3.63, 3.8) is 0 Å². The Morgan fingerprint density at radius 2 is 2.00 bits per heavy atom. The van der Waals surface area contributed by atoms with Crippen LogP contribution in [0.25, 0.3) is 0 Å². The van der Waals surface area contributed by atoms with E-state index in [9.17, 15) is 14.7 Å². The van der Waals surface area contributed by atoms with Crippen LogP contribution < -0.4 is 10.9 Å². The van der Waals surface area contributed by atoms with Crippen molar-refractivity contribution < 1.29 is 9.90 Å². The van der Waals surface area contributed by atoms with Gasteiger partial charge < -0.3 is 15.4 Å². The molecule has 1 aliphatic rings. The maximum Gasteiger partial charge on any atom is 0.261 e. The van der Waals surface area contributed by atoms with Crippen molar-refractivity contribution in [3.8, 4) is 0 Å². The van der Waals surface area contributed by atoms with Gasteiger partial charge in [0, 0.05) is 12.2 Å². The van der Waals surface area contributed by atoms with E-state index in [2.05, 4.69) is 10.3 Å². The number of hydrogen-bond donors (Lipinski definition) is 3. The van der Waals surface area contributed by atoms with Gasteiger partial charge in [0.1, 0.15) is 5.56 Å². The lowest BCUT2D eigenvalue weighted by atomic mass is 9.94. The number of aliphatic hydroxyl groups is 1. The number of H-pyrrole nitrogens is 1. The van der Waals surface area contributed by atoms with E-state index in [0.717, 1.165) is 49.8 Å². The summed E-state index contributed by atoms with van der Waals surface area (Å²) in [7, 11) is 0. The molecule has 0 fully saturated rings. The number of rotatable bonds is 6. The molecule has 1 heterocycles. The van der Waals surface area contributed by atoms with E-state index in [4.69, 9.17) is 0 Å². The predicted molar refractivity (Wildman–Crippen MR) is 86.1 cm³/mol. The van der Waals surface area contributed by atoms with Gasteiger partial charge in [-0.05, 0) is 43.2 Å². The highest BCUT2D eigenvalue weighted by atomic mass is 16.3. The van der Waals surface area contributed by atoms with E-state index in [1.54, 1.807) is 6.07 Å². The zero-order valence-corrected chi connectivity index (χ0v) is 13.4. The monoisotopic (exact) mass is 306 g/mol. The lowest BCUT2D eigenvalue weighted by molar-refractivity contribution is 0.0815. The van der Waals surface area contributed by atoms with Gasteiger partial charge in [0.2, 0.25) is 0 Å². The third-order valence-electron chi connectivity index (χ3n) is 4.65. The number of aromatic nitrogens is 1. The van der Waals surface area contributed by atoms with Crippen molar-refractivity contribution in [2.75, 3.05) is 6.54 Å². The van der Waals surface area contributed by atoms with Crippen molar-refractivity contribution in [2.45, 2.75) is 58.5 Å². The quantitative estimate of drug-likeness (QED) is 0.749. The number of hydrogen-bond acceptors (Lipinski definition) is 3. The van der Waals surface area contributed by atoms with Crippen LogP contribution >= 0.6 is 0 Å². The summed E-state index contributed by atoms with van der Waals surface area (Å²) in [5.74, 6) is -0.234. The van der Waals surface area contributed by atoms with Crippen molar-refractivity contribution in [2.24, 2.45) is 5.92 Å². The van der Waals surface area contributed by atoms with E-state index >= 15 is 0 Å². The van der Waals surface area contributed by atoms with E-state index in [1.807, 2.05) is 13.8 Å². The zero-order valence-electron chi connectivity index (χ0n) is 13.4. The number of nitrogens with one attached hydrogen (secondary N) is 2. The summed E-state index contributed by atoms with van der Waals surface area (Å²) in [4.78, 5) is 27.1. The number of fused-ring (bicyclic) bond motifs is 1. The molecule has 5 heteroatoms. The van der Waals surface area contributed by atoms with Gasteiger partial charge in [-0.2, -0.15) is 0 Å². The first-order valence-electron chi connectivity index (χ1n) is 8.28. The minimum atomic E-state index is -0.573. The molecule has 2 rings (SSSR count). The zero-order chi connectivity index (χ0) is 16.1. The Kier molecular flexibility index (Phi) is 5.77. The van der Waals surface area contributed by atoms with Gasteiger partial charge >= 0.3 is 0 Å². The SMILES string of the molecule is CCC(CC)C(O)CNC(=O)c1cc2c([nH]c1=O)CCCC2. The van der Waals surface area contributed by atoms with Crippen LogP contribution in [0.3, 0.4) is 0 Å². The Balaban J connectivity index is 2.05. The number of aryl methyl sites for hydroxylation is 2. The summed E-state index contributed by atoms with van der Waals surface area (Å²) in [6.07, 6.45) is 5.11. The molecule has 1 aromatic heterocycles. The number of pyridine rings is 1. The molecule has 122 valence electrons. The molecule has 1 aromatic rings. The molecule has 5 nitrogen and oxygen atoms in total. The van der Waals surface area contributed by atoms with Gasteiger partial charge in [0.15, 0.2) is 0 Å². The second kappa shape index (κ2) is 7.58. The number of amides is 1. The highest BCUT2D eigenvalue weighted by molar-refractivity contribution is 5.94. The molecule has 0 aromatic carbocycles. The highest BCUT2D eigenvalue weighted by Gasteiger charge is 2.20. The summed E-state index contributed by atoms with van der Waals surface area (Å²) in [5, 5.41) is 12.8. The second-order valence-electron chi connectivity index (χ2n) is 6.08. The fourth-order valence-corrected chi connectivity index (χ4v) is 3.14. The molecule has 0 aliphatic heterocycles. The Bertz CT molecular complexity index is 576. The fourth-order valence-electron chi connectivity index (χ4n) is 3.14. The molecule has 1 amide bonds. The smallest absolute Gasteiger partial charge is 0.261 e. The Morgan fingerprint density at radius 3 is 2.68 bits per heavy atom. The third kappa shape index (κ3) is 3.77. The summed E-state index contributed by atoms with van der Waals surface area (Å²) in [6.45, 7) is 4.22. The first-order chi connectivity index (χ1) is 10.6. The second-order valence-corrected chi connectivity index (χ2v) is 6.08. The molecule has 0 bridgehead atoms. The van der Waals surface area contributed by atoms with Gasteiger partial charge in [-0.1, -0.05) is 26.7 Å². The first-order valence-corrected chi connectivity index (χ1v) is 8.28. The average Bonchev–Trinajstić information content (AvgIpc) is 2.53. The van der Waals surface area contributed by atoms with Gasteiger partial charge in [-0.25, -0.2) is 0 Å². The van der Waals surface area contributed by atoms with E-state index in [-0.39, 0.29) is 23.6 Å². The van der Waals surface area contributed by atoms with Gasteiger partial charge in [-0.15, -0.1) is 0 Å². The highest BCUT2D eigenvalue weighted by Crippen LogP contribution is 2.18. The molecular weight excluding hydrogens is 280 g/mol. The number of carbonyl (C=O) groups is 1. The molecule has 1 unspecified atom stereocenters. The van der Waals surface area contributed by atoms with Crippen molar-refractivity contribution in [1.29, 1.82) is 0 Å². The van der Waals surface area contributed by atoms with Gasteiger partial charge in [-0.3, -0.25) is 9.59 Å². The summed E-state index contributed by atoms with van der Waals surface area (Å²) >= 11 is 0. The maximum atomic E-state index is 12.2. The van der Waals surface area contributed by atoms with Gasteiger partial charge in [0.05, 0.1) is 6.10 Å². The molecule has 3 N–H and O–H groups in total. The Labute approximate surface area is 131 Å². The summed E-state index contributed by atoms with van der Waals surface area (Å²) in [6, 6.07) is 1.71. The molecule has 0 saturated carbocycles. The topological polar surface area (TPSA) is 82.2 Å². The lowest BCUT2D eigenvalue weighted by Crippen LogP contribution is -2.38. The van der Waals surface area contributed by atoms with Crippen LogP contribution in [0.5, 0.6) is 0 Å². The Morgan fingerprint density at radius 1 is 1.32 bits per heavy atom. The molecular formula is C17H26N2O3. The fraction of sp³-hybridized carbons (Fsp3) is 0.647. The number of aliphatic hydroxyl groups excluding tert-OH is 1. The molecule has 1 aliphatic carbocycles. The molecule has 0 saturated heterocycles. The van der Waals surface area contributed by atoms with E-state index in [1.165, 1.54) is 0 Å². The van der Waals surface area contributed by atoms with E-state index in [0.29, 0.717) is 0 Å². The minimum Gasteiger partial charge on any atom is -0.391 e. The molecule has 1 atom stereocenters. The largest absolute Gasteiger partial charge is 0.391 e. The van der Waals surface area contributed by atoms with Crippen LogP contribution in [0.2, 0.25) is 0 Å². The van der Waals surface area contributed by atoms with Crippen molar-refractivity contribution in [3.05, 3.63) is 33.2 Å². The van der Waals surface area contributed by atoms with Crippen LogP contribution in [0.15, 0.2) is 10.9 Å². The minimum absolute atomic E-state index is 0.150. The van der Waals surface area contributed by atoms with Crippen molar-refractivity contribution >= 4 is 5.91 Å². The Hall–Kier alpha value is -1.62. The summed E-state index contributed by atoms with van der Waals surface area (Å²) in [5.41, 5.74) is 1.84. The van der Waals surface area contributed by atoms with Crippen LogP contribution in [0.1, 0.15) is 61.1 Å². The van der Waals surface area contributed by atoms with Crippen LogP contribution in [-0.4, -0.2) is 28.6 Å². The normalized spacial score (nSPS) is 15.5. The lowest BCUT2D eigenvalue weighted by Gasteiger charge is -2.20. The van der Waals surface area contributed by atoms with Crippen LogP contribution in [0, 0.1) is 5.92 Å². The molecule has 0 spiro atoms. The van der Waals surface area contributed by atoms with E-state index < -0.39 is 12.0 Å². The first kappa shape index (κ1) is 16.7. The molecule has 22 heavy (non-hydrogen) atoms. The average molecular weight is 306 g/mol. The standard InChI is InChI=1S/C17H26N2O3/c1-3-11(4-2)15(20)10-18-16(21)13-9-12-7-5-6-8-14(12)19-17(13)22/h9,11,15,20H,3-8,10H2,1-2H3,(H,18,21)(H,19,22). The molecule has 0 radical (unpaired) electrons. The van der Waals surface area contributed by atoms with Crippen LogP contribution in [-0.2, 0) is 12.8 Å². The van der Waals surface area contributed by atoms with Crippen LogP contribution in [0.4, 0.5) is 0 Å². The van der Waals surface area contributed by atoms with Gasteiger partial charge in [0.25, 0.3) is 11.5 Å². The predicted octanol–water partition coefficient (Wildman–Crippen LogP) is 1.78. The number of aromatic amines is 1.